The number of Topliss-reactive ketones (excluding diaryl/α,β-unsaturated/α-hetero) is 1. The minimum atomic E-state index is 0.270. The lowest BCUT2D eigenvalue weighted by molar-refractivity contribution is -0.118. The second-order valence-electron chi connectivity index (χ2n) is 5.71. The van der Waals surface area contributed by atoms with Crippen LogP contribution in [0.15, 0.2) is 24.3 Å². The number of aromatic nitrogens is 2. The molecule has 0 atom stereocenters. The molecule has 0 fully saturated rings. The zero-order chi connectivity index (χ0) is 15.2. The molecular weight excluding hydrogens is 262 g/mol. The van der Waals surface area contributed by atoms with Crippen molar-refractivity contribution in [3.05, 3.63) is 30.0 Å². The number of aryl methyl sites for hydroxylation is 1. The number of carbonyl (C=O) groups is 1. The Balaban J connectivity index is 1.98. The van der Waals surface area contributed by atoms with Crippen LogP contribution in [0.5, 0.6) is 0 Å². The fourth-order valence-corrected chi connectivity index (χ4v) is 2.52. The zero-order valence-corrected chi connectivity index (χ0v) is 13.2. The standard InChI is InChI=1S/C17H25N3O/c1-4-20-17-10-6-5-9-15(17)16(19-20)12-14(21)8-7-11-18-13(2)3/h5-6,9-10,13,18H,4,7-8,11-12H2,1-3H3. The van der Waals surface area contributed by atoms with Gasteiger partial charge in [-0.25, -0.2) is 0 Å². The van der Waals surface area contributed by atoms with Gasteiger partial charge in [0.1, 0.15) is 5.78 Å². The molecule has 0 aliphatic heterocycles. The van der Waals surface area contributed by atoms with Gasteiger partial charge >= 0.3 is 0 Å². The highest BCUT2D eigenvalue weighted by molar-refractivity contribution is 5.88. The van der Waals surface area contributed by atoms with Crippen molar-refractivity contribution in [3.63, 3.8) is 0 Å². The van der Waals surface area contributed by atoms with Crippen LogP contribution < -0.4 is 5.32 Å². The first-order valence-corrected chi connectivity index (χ1v) is 7.81. The molecule has 114 valence electrons. The summed E-state index contributed by atoms with van der Waals surface area (Å²) in [7, 11) is 0. The first-order valence-electron chi connectivity index (χ1n) is 7.81. The predicted octanol–water partition coefficient (Wildman–Crippen LogP) is 2.95. The van der Waals surface area contributed by atoms with Crippen molar-refractivity contribution >= 4 is 16.7 Å². The van der Waals surface area contributed by atoms with Gasteiger partial charge in [0.05, 0.1) is 17.6 Å². The van der Waals surface area contributed by atoms with Gasteiger partial charge in [0.15, 0.2) is 0 Å². The molecule has 1 aromatic carbocycles. The summed E-state index contributed by atoms with van der Waals surface area (Å²) in [5, 5.41) is 9.02. The number of hydrogen-bond acceptors (Lipinski definition) is 3. The van der Waals surface area contributed by atoms with Crippen LogP contribution in [0, 0.1) is 0 Å². The molecule has 0 saturated heterocycles. The van der Waals surface area contributed by atoms with Crippen molar-refractivity contribution in [2.45, 2.75) is 52.6 Å². The highest BCUT2D eigenvalue weighted by Gasteiger charge is 2.12. The highest BCUT2D eigenvalue weighted by atomic mass is 16.1. The molecule has 0 amide bonds. The van der Waals surface area contributed by atoms with Crippen molar-refractivity contribution in [1.82, 2.24) is 15.1 Å². The average molecular weight is 287 g/mol. The van der Waals surface area contributed by atoms with Crippen molar-refractivity contribution in [2.24, 2.45) is 0 Å². The predicted molar refractivity (Wildman–Crippen MR) is 86.5 cm³/mol. The maximum Gasteiger partial charge on any atom is 0.138 e. The van der Waals surface area contributed by atoms with Gasteiger partial charge < -0.3 is 5.32 Å². The summed E-state index contributed by atoms with van der Waals surface area (Å²) < 4.78 is 1.97. The number of carbonyl (C=O) groups excluding carboxylic acids is 1. The lowest BCUT2D eigenvalue weighted by Gasteiger charge is -2.06. The van der Waals surface area contributed by atoms with Gasteiger partial charge in [-0.05, 0) is 26.0 Å². The van der Waals surface area contributed by atoms with E-state index in [0.29, 0.717) is 18.9 Å². The van der Waals surface area contributed by atoms with Crippen LogP contribution in [0.25, 0.3) is 10.9 Å². The molecule has 0 bridgehead atoms. The van der Waals surface area contributed by atoms with Gasteiger partial charge in [-0.15, -0.1) is 0 Å². The van der Waals surface area contributed by atoms with Gasteiger partial charge in [0.25, 0.3) is 0 Å². The monoisotopic (exact) mass is 287 g/mol. The molecular formula is C17H25N3O. The van der Waals surface area contributed by atoms with E-state index in [4.69, 9.17) is 0 Å². The highest BCUT2D eigenvalue weighted by Crippen LogP contribution is 2.19. The van der Waals surface area contributed by atoms with Crippen LogP contribution in [-0.2, 0) is 17.8 Å². The van der Waals surface area contributed by atoms with E-state index >= 15 is 0 Å². The van der Waals surface area contributed by atoms with E-state index in [1.54, 1.807) is 0 Å². The number of nitrogens with one attached hydrogen (secondary N) is 1. The van der Waals surface area contributed by atoms with Crippen molar-refractivity contribution in [3.8, 4) is 0 Å². The molecule has 2 rings (SSSR count). The molecule has 1 heterocycles. The fraction of sp³-hybridized carbons (Fsp3) is 0.529. The van der Waals surface area contributed by atoms with Crippen molar-refractivity contribution in [1.29, 1.82) is 0 Å². The second kappa shape index (κ2) is 7.36. The number of nitrogens with zero attached hydrogens (tertiary/aromatic N) is 2. The summed E-state index contributed by atoms with van der Waals surface area (Å²) in [6, 6.07) is 8.61. The lowest BCUT2D eigenvalue weighted by Crippen LogP contribution is -2.24. The average Bonchev–Trinajstić information content (AvgIpc) is 2.82. The van der Waals surface area contributed by atoms with Crippen LogP contribution in [0.1, 0.15) is 39.3 Å². The summed E-state index contributed by atoms with van der Waals surface area (Å²) >= 11 is 0. The molecule has 0 aliphatic rings. The number of hydrogen-bond donors (Lipinski definition) is 1. The lowest BCUT2D eigenvalue weighted by atomic mass is 10.1. The summed E-state index contributed by atoms with van der Waals surface area (Å²) in [5.74, 6) is 0.270. The summed E-state index contributed by atoms with van der Waals surface area (Å²) in [5.41, 5.74) is 2.03. The second-order valence-corrected chi connectivity index (χ2v) is 5.71. The number of benzene rings is 1. The van der Waals surface area contributed by atoms with Crippen LogP contribution in [0.2, 0.25) is 0 Å². The third-order valence-corrected chi connectivity index (χ3v) is 3.58. The van der Waals surface area contributed by atoms with E-state index in [0.717, 1.165) is 36.1 Å². The van der Waals surface area contributed by atoms with Crippen LogP contribution >= 0.6 is 0 Å². The Morgan fingerprint density at radius 2 is 2.10 bits per heavy atom. The number of rotatable bonds is 8. The van der Waals surface area contributed by atoms with Crippen LogP contribution in [0.3, 0.4) is 0 Å². The van der Waals surface area contributed by atoms with Gasteiger partial charge in [-0.1, -0.05) is 32.0 Å². The maximum absolute atomic E-state index is 12.1. The van der Waals surface area contributed by atoms with E-state index in [9.17, 15) is 4.79 Å². The maximum atomic E-state index is 12.1. The number of para-hydroxylation sites is 1. The smallest absolute Gasteiger partial charge is 0.138 e. The Morgan fingerprint density at radius 1 is 1.33 bits per heavy atom. The molecule has 0 radical (unpaired) electrons. The van der Waals surface area contributed by atoms with Crippen LogP contribution in [-0.4, -0.2) is 28.2 Å². The van der Waals surface area contributed by atoms with E-state index in [1.165, 1.54) is 0 Å². The van der Waals surface area contributed by atoms with E-state index < -0.39 is 0 Å². The Kier molecular flexibility index (Phi) is 5.51. The van der Waals surface area contributed by atoms with Crippen molar-refractivity contribution in [2.75, 3.05) is 6.54 Å². The van der Waals surface area contributed by atoms with Gasteiger partial charge in [-0.2, -0.15) is 5.10 Å². The largest absolute Gasteiger partial charge is 0.315 e. The number of ketones is 1. The Morgan fingerprint density at radius 3 is 2.81 bits per heavy atom. The third-order valence-electron chi connectivity index (χ3n) is 3.58. The summed E-state index contributed by atoms with van der Waals surface area (Å²) in [6.45, 7) is 8.03. The summed E-state index contributed by atoms with van der Waals surface area (Å²) in [6.07, 6.45) is 1.95. The number of fused-ring (bicyclic) bond motifs is 1. The molecule has 0 unspecified atom stereocenters. The van der Waals surface area contributed by atoms with Gasteiger partial charge in [0.2, 0.25) is 0 Å². The molecule has 1 aromatic heterocycles. The Labute approximate surface area is 126 Å². The molecule has 4 heteroatoms. The van der Waals surface area contributed by atoms with Gasteiger partial charge in [0, 0.05) is 24.4 Å². The zero-order valence-electron chi connectivity index (χ0n) is 13.2. The first-order chi connectivity index (χ1) is 10.1. The minimum Gasteiger partial charge on any atom is -0.315 e. The fourth-order valence-electron chi connectivity index (χ4n) is 2.52. The molecule has 4 nitrogen and oxygen atoms in total. The van der Waals surface area contributed by atoms with E-state index in [2.05, 4.69) is 43.3 Å². The van der Waals surface area contributed by atoms with E-state index in [-0.39, 0.29) is 5.78 Å². The minimum absolute atomic E-state index is 0.270. The molecule has 21 heavy (non-hydrogen) atoms. The molecule has 0 saturated carbocycles. The Bertz CT molecular complexity index is 601. The van der Waals surface area contributed by atoms with Gasteiger partial charge in [-0.3, -0.25) is 9.48 Å². The third kappa shape index (κ3) is 4.14. The Hall–Kier alpha value is -1.68. The SMILES string of the molecule is CCn1nc(CC(=O)CCCNC(C)C)c2ccccc21. The topological polar surface area (TPSA) is 46.9 Å². The molecule has 2 aromatic rings. The molecule has 1 N–H and O–H groups in total. The normalized spacial score (nSPS) is 11.4. The van der Waals surface area contributed by atoms with E-state index in [1.807, 2.05) is 16.8 Å². The van der Waals surface area contributed by atoms with Crippen LogP contribution in [0.4, 0.5) is 0 Å². The summed E-state index contributed by atoms with van der Waals surface area (Å²) in [4.78, 5) is 12.1. The quantitative estimate of drug-likeness (QED) is 0.759. The first kappa shape index (κ1) is 15.7. The molecule has 0 spiro atoms. The van der Waals surface area contributed by atoms with Crippen molar-refractivity contribution < 1.29 is 4.79 Å². The molecule has 0 aliphatic carbocycles.